The number of aryl methyl sites for hydroxylation is 1. The van der Waals surface area contributed by atoms with E-state index in [2.05, 4.69) is 15.7 Å². The average molecular weight is 267 g/mol. The molecule has 1 rings (SSSR count). The lowest BCUT2D eigenvalue weighted by atomic mass is 10.3. The molecule has 106 valence electrons. The zero-order valence-corrected chi connectivity index (χ0v) is 11.4. The molecule has 1 aromatic rings. The molecule has 0 aliphatic carbocycles. The zero-order chi connectivity index (χ0) is 14.3. The third kappa shape index (κ3) is 4.27. The Labute approximate surface area is 112 Å². The van der Waals surface area contributed by atoms with Crippen molar-refractivity contribution in [1.82, 2.24) is 20.4 Å². The average Bonchev–Trinajstić information content (AvgIpc) is 2.77. The molecular formula is C12H21N5O2. The van der Waals surface area contributed by atoms with Gasteiger partial charge in [-0.25, -0.2) is 0 Å². The van der Waals surface area contributed by atoms with Crippen LogP contribution < -0.4 is 16.4 Å². The summed E-state index contributed by atoms with van der Waals surface area (Å²) in [6.07, 6.45) is 2.60. The minimum absolute atomic E-state index is 0.0703. The van der Waals surface area contributed by atoms with E-state index in [1.54, 1.807) is 0 Å². The van der Waals surface area contributed by atoms with Crippen molar-refractivity contribution in [1.29, 1.82) is 0 Å². The monoisotopic (exact) mass is 267 g/mol. The molecule has 0 saturated heterocycles. The second kappa shape index (κ2) is 7.40. The third-order valence-corrected chi connectivity index (χ3v) is 2.59. The molecule has 0 bridgehead atoms. The van der Waals surface area contributed by atoms with Gasteiger partial charge in [-0.15, -0.1) is 0 Å². The molecule has 0 unspecified atom stereocenters. The Morgan fingerprint density at radius 1 is 1.32 bits per heavy atom. The third-order valence-electron chi connectivity index (χ3n) is 2.59. The number of hydrogen-bond acceptors (Lipinski definition) is 4. The summed E-state index contributed by atoms with van der Waals surface area (Å²) in [5.74, 6) is -0.376. The molecule has 7 heteroatoms. The smallest absolute Gasteiger partial charge is 0.271 e. The maximum absolute atomic E-state index is 11.9. The normalized spacial score (nSPS) is 10.2. The summed E-state index contributed by atoms with van der Waals surface area (Å²) in [5.41, 5.74) is 6.38. The van der Waals surface area contributed by atoms with E-state index < -0.39 is 0 Å². The Hall–Kier alpha value is -2.05. The Balaban J connectivity index is 2.43. The fourth-order valence-electron chi connectivity index (χ4n) is 1.61. The van der Waals surface area contributed by atoms with Crippen molar-refractivity contribution in [3.05, 3.63) is 11.9 Å². The first kappa shape index (κ1) is 15.0. The summed E-state index contributed by atoms with van der Waals surface area (Å²) in [6, 6.07) is 0. The van der Waals surface area contributed by atoms with Crippen molar-refractivity contribution < 1.29 is 9.59 Å². The molecule has 1 aromatic heterocycles. The molecule has 0 fully saturated rings. The van der Waals surface area contributed by atoms with Crippen LogP contribution in [0.2, 0.25) is 0 Å². The molecule has 0 aromatic carbocycles. The van der Waals surface area contributed by atoms with Gasteiger partial charge in [0, 0.05) is 26.1 Å². The number of hydrogen-bond donors (Lipinski definition) is 3. The Morgan fingerprint density at radius 3 is 2.68 bits per heavy atom. The minimum Gasteiger partial charge on any atom is -0.396 e. The Morgan fingerprint density at radius 2 is 2.05 bits per heavy atom. The highest BCUT2D eigenvalue weighted by molar-refractivity contribution is 5.97. The van der Waals surface area contributed by atoms with E-state index in [-0.39, 0.29) is 24.8 Å². The summed E-state index contributed by atoms with van der Waals surface area (Å²) in [7, 11) is 0. The van der Waals surface area contributed by atoms with Gasteiger partial charge in [0.05, 0.1) is 11.9 Å². The first-order valence-corrected chi connectivity index (χ1v) is 6.46. The van der Waals surface area contributed by atoms with Gasteiger partial charge in [-0.1, -0.05) is 6.92 Å². The van der Waals surface area contributed by atoms with Gasteiger partial charge >= 0.3 is 0 Å². The lowest BCUT2D eigenvalue weighted by molar-refractivity contribution is -0.120. The van der Waals surface area contributed by atoms with Gasteiger partial charge in [0.25, 0.3) is 5.91 Å². The van der Waals surface area contributed by atoms with Gasteiger partial charge in [-0.05, 0) is 13.3 Å². The SMILES string of the molecule is CCCNC(=O)CCNC(=O)c1c(N)cnn1CC. The number of aromatic nitrogens is 2. The predicted octanol–water partition coefficient (Wildman–Crippen LogP) is 0.131. The number of amides is 2. The standard InChI is InChI=1S/C12H21N5O2/c1-3-6-14-10(18)5-7-15-12(19)11-9(13)8-16-17(11)4-2/h8H,3-7,13H2,1-2H3,(H,14,18)(H,15,19). The summed E-state index contributed by atoms with van der Waals surface area (Å²) in [4.78, 5) is 23.3. The lowest BCUT2D eigenvalue weighted by Crippen LogP contribution is -2.32. The van der Waals surface area contributed by atoms with Gasteiger partial charge in [0.1, 0.15) is 5.69 Å². The molecule has 2 amide bonds. The second-order valence-electron chi connectivity index (χ2n) is 4.12. The van der Waals surface area contributed by atoms with Crippen molar-refractivity contribution >= 4 is 17.5 Å². The molecule has 0 aliphatic rings. The zero-order valence-electron chi connectivity index (χ0n) is 11.4. The van der Waals surface area contributed by atoms with Gasteiger partial charge in [0.2, 0.25) is 5.91 Å². The van der Waals surface area contributed by atoms with E-state index in [9.17, 15) is 9.59 Å². The van der Waals surface area contributed by atoms with Crippen LogP contribution in [-0.2, 0) is 11.3 Å². The number of anilines is 1. The number of nitrogen functional groups attached to an aromatic ring is 1. The highest BCUT2D eigenvalue weighted by Crippen LogP contribution is 2.10. The first-order chi connectivity index (χ1) is 9.10. The Kier molecular flexibility index (Phi) is 5.84. The van der Waals surface area contributed by atoms with Gasteiger partial charge in [0.15, 0.2) is 0 Å². The maximum atomic E-state index is 11.9. The molecule has 19 heavy (non-hydrogen) atoms. The quantitative estimate of drug-likeness (QED) is 0.653. The van der Waals surface area contributed by atoms with Crippen LogP contribution in [0.4, 0.5) is 5.69 Å². The highest BCUT2D eigenvalue weighted by Gasteiger charge is 2.15. The molecule has 0 spiro atoms. The number of nitrogens with zero attached hydrogens (tertiary/aromatic N) is 2. The van der Waals surface area contributed by atoms with Crippen LogP contribution in [-0.4, -0.2) is 34.7 Å². The molecule has 0 atom stereocenters. The van der Waals surface area contributed by atoms with Gasteiger partial charge < -0.3 is 16.4 Å². The minimum atomic E-state index is -0.305. The van der Waals surface area contributed by atoms with E-state index in [4.69, 9.17) is 5.73 Å². The largest absolute Gasteiger partial charge is 0.396 e. The van der Waals surface area contributed by atoms with Gasteiger partial charge in [-0.3, -0.25) is 14.3 Å². The van der Waals surface area contributed by atoms with E-state index in [1.165, 1.54) is 10.9 Å². The molecular weight excluding hydrogens is 246 g/mol. The van der Waals surface area contributed by atoms with Crippen LogP contribution >= 0.6 is 0 Å². The van der Waals surface area contributed by atoms with Crippen LogP contribution in [0, 0.1) is 0 Å². The van der Waals surface area contributed by atoms with Crippen molar-refractivity contribution in [3.63, 3.8) is 0 Å². The van der Waals surface area contributed by atoms with E-state index in [1.807, 2.05) is 13.8 Å². The van der Waals surface area contributed by atoms with Gasteiger partial charge in [-0.2, -0.15) is 5.10 Å². The topological polar surface area (TPSA) is 102 Å². The van der Waals surface area contributed by atoms with Crippen LogP contribution in [0.3, 0.4) is 0 Å². The summed E-state index contributed by atoms with van der Waals surface area (Å²) < 4.78 is 1.53. The van der Waals surface area contributed by atoms with Crippen LogP contribution in [0.15, 0.2) is 6.20 Å². The summed E-state index contributed by atoms with van der Waals surface area (Å²) in [6.45, 7) is 5.36. The fourth-order valence-corrected chi connectivity index (χ4v) is 1.61. The first-order valence-electron chi connectivity index (χ1n) is 6.46. The number of nitrogens with two attached hydrogens (primary N) is 1. The summed E-state index contributed by atoms with van der Waals surface area (Å²) in [5, 5.41) is 9.40. The van der Waals surface area contributed by atoms with Crippen molar-refractivity contribution in [2.45, 2.75) is 33.2 Å². The Bertz CT molecular complexity index is 441. The van der Waals surface area contributed by atoms with Crippen molar-refractivity contribution in [3.8, 4) is 0 Å². The molecule has 0 radical (unpaired) electrons. The van der Waals surface area contributed by atoms with Crippen LogP contribution in [0.5, 0.6) is 0 Å². The molecule has 7 nitrogen and oxygen atoms in total. The predicted molar refractivity (Wildman–Crippen MR) is 72.6 cm³/mol. The number of carbonyl (C=O) groups is 2. The lowest BCUT2D eigenvalue weighted by Gasteiger charge is -2.08. The van der Waals surface area contributed by atoms with E-state index in [0.29, 0.717) is 24.5 Å². The second-order valence-corrected chi connectivity index (χ2v) is 4.12. The van der Waals surface area contributed by atoms with Crippen LogP contribution in [0.25, 0.3) is 0 Å². The molecule has 0 aliphatic heterocycles. The highest BCUT2D eigenvalue weighted by atomic mass is 16.2. The number of nitrogens with one attached hydrogen (secondary N) is 2. The fraction of sp³-hybridized carbons (Fsp3) is 0.583. The van der Waals surface area contributed by atoms with Crippen molar-refractivity contribution in [2.24, 2.45) is 0 Å². The maximum Gasteiger partial charge on any atom is 0.271 e. The van der Waals surface area contributed by atoms with Crippen LogP contribution in [0.1, 0.15) is 37.2 Å². The number of rotatable bonds is 7. The summed E-state index contributed by atoms with van der Waals surface area (Å²) >= 11 is 0. The molecule has 1 heterocycles. The van der Waals surface area contributed by atoms with Crippen molar-refractivity contribution in [2.75, 3.05) is 18.8 Å². The molecule has 4 N–H and O–H groups in total. The van der Waals surface area contributed by atoms with E-state index >= 15 is 0 Å². The van der Waals surface area contributed by atoms with E-state index in [0.717, 1.165) is 6.42 Å². The number of carbonyl (C=O) groups excluding carboxylic acids is 2. The molecule has 0 saturated carbocycles.